The molecular formula is C28H37ClN4O3. The number of anilines is 2. The van der Waals surface area contributed by atoms with Crippen molar-refractivity contribution >= 4 is 34.6 Å². The van der Waals surface area contributed by atoms with Gasteiger partial charge in [0.1, 0.15) is 0 Å². The van der Waals surface area contributed by atoms with Crippen LogP contribution in [0.5, 0.6) is 0 Å². The fraction of sp³-hybridized carbons (Fsp3) is 0.536. The van der Waals surface area contributed by atoms with Gasteiger partial charge in [-0.05, 0) is 87.8 Å². The normalized spacial score (nSPS) is 21.6. The highest BCUT2D eigenvalue weighted by Gasteiger charge is 2.39. The Balaban J connectivity index is 1.23. The highest BCUT2D eigenvalue weighted by Crippen LogP contribution is 2.36. The summed E-state index contributed by atoms with van der Waals surface area (Å²) in [5, 5.41) is 15.3. The Kier molecular flexibility index (Phi) is 8.08. The fourth-order valence-electron chi connectivity index (χ4n) is 5.73. The molecule has 0 atom stereocenters. The van der Waals surface area contributed by atoms with Gasteiger partial charge in [0.05, 0.1) is 4.92 Å². The Morgan fingerprint density at radius 1 is 1.14 bits per heavy atom. The Bertz CT molecular complexity index is 1070. The van der Waals surface area contributed by atoms with E-state index in [0.717, 1.165) is 74.6 Å². The van der Waals surface area contributed by atoms with Crippen molar-refractivity contribution in [2.24, 2.45) is 11.3 Å². The highest BCUT2D eigenvalue weighted by molar-refractivity contribution is 6.30. The number of halogens is 1. The lowest BCUT2D eigenvalue weighted by atomic mass is 9.78. The third-order valence-electron chi connectivity index (χ3n) is 8.06. The number of benzene rings is 2. The van der Waals surface area contributed by atoms with Crippen molar-refractivity contribution in [1.29, 1.82) is 0 Å². The predicted molar refractivity (Wildman–Crippen MR) is 146 cm³/mol. The maximum atomic E-state index is 13.4. The van der Waals surface area contributed by atoms with Crippen LogP contribution in [0.25, 0.3) is 0 Å². The molecule has 0 radical (unpaired) electrons. The number of nitro benzene ring substituents is 1. The molecule has 0 spiro atoms. The second kappa shape index (κ2) is 11.1. The molecular weight excluding hydrogens is 476 g/mol. The van der Waals surface area contributed by atoms with E-state index < -0.39 is 0 Å². The van der Waals surface area contributed by atoms with Crippen molar-refractivity contribution in [3.63, 3.8) is 0 Å². The molecule has 2 aromatic rings. The molecule has 7 nitrogen and oxygen atoms in total. The summed E-state index contributed by atoms with van der Waals surface area (Å²) in [4.78, 5) is 28.4. The van der Waals surface area contributed by atoms with Gasteiger partial charge in [-0.2, -0.15) is 0 Å². The lowest BCUT2D eigenvalue weighted by Gasteiger charge is -2.42. The molecule has 4 rings (SSSR count). The van der Waals surface area contributed by atoms with Crippen LogP contribution in [0.3, 0.4) is 0 Å². The van der Waals surface area contributed by atoms with Gasteiger partial charge in [-0.3, -0.25) is 14.9 Å². The molecule has 194 valence electrons. The number of nitrogens with zero attached hydrogens (tertiary/aromatic N) is 3. The minimum absolute atomic E-state index is 0.154. The van der Waals surface area contributed by atoms with E-state index in [2.05, 4.69) is 17.1 Å². The van der Waals surface area contributed by atoms with Gasteiger partial charge in [0.15, 0.2) is 0 Å². The number of carbonyl (C=O) groups excluding carboxylic acids is 1. The predicted octanol–water partition coefficient (Wildman–Crippen LogP) is 6.29. The molecule has 8 heteroatoms. The quantitative estimate of drug-likeness (QED) is 0.348. The summed E-state index contributed by atoms with van der Waals surface area (Å²) >= 11 is 6.02. The molecule has 36 heavy (non-hydrogen) atoms. The van der Waals surface area contributed by atoms with Gasteiger partial charge in [0.2, 0.25) is 5.91 Å². The monoisotopic (exact) mass is 512 g/mol. The average Bonchev–Trinajstić information content (AvgIpc) is 2.85. The molecule has 1 heterocycles. The van der Waals surface area contributed by atoms with E-state index in [4.69, 9.17) is 11.6 Å². The molecule has 2 aromatic carbocycles. The molecule has 1 saturated heterocycles. The largest absolute Gasteiger partial charge is 0.382 e. The van der Waals surface area contributed by atoms with E-state index in [9.17, 15) is 14.9 Å². The van der Waals surface area contributed by atoms with E-state index in [0.29, 0.717) is 17.5 Å². The Hall–Kier alpha value is -2.80. The molecule has 1 amide bonds. The van der Waals surface area contributed by atoms with Crippen LogP contribution in [-0.2, 0) is 4.79 Å². The van der Waals surface area contributed by atoms with Crippen molar-refractivity contribution in [2.75, 3.05) is 36.9 Å². The summed E-state index contributed by atoms with van der Waals surface area (Å²) in [6, 6.07) is 13.5. The first-order valence-corrected chi connectivity index (χ1v) is 13.3. The average molecular weight is 513 g/mol. The zero-order valence-corrected chi connectivity index (χ0v) is 22.3. The van der Waals surface area contributed by atoms with Crippen LogP contribution in [0.4, 0.5) is 17.1 Å². The molecule has 0 aromatic heterocycles. The number of hydrogen-bond donors (Lipinski definition) is 1. The summed E-state index contributed by atoms with van der Waals surface area (Å²) in [5.41, 5.74) is 2.61. The smallest absolute Gasteiger partial charge is 0.272 e. The molecule has 1 aliphatic heterocycles. The molecule has 0 unspecified atom stereocenters. The lowest BCUT2D eigenvalue weighted by molar-refractivity contribution is -0.385. The van der Waals surface area contributed by atoms with Gasteiger partial charge in [0, 0.05) is 66.2 Å². The first-order valence-electron chi connectivity index (χ1n) is 12.9. The zero-order chi connectivity index (χ0) is 25.9. The summed E-state index contributed by atoms with van der Waals surface area (Å²) in [6.45, 7) is 6.44. The number of carbonyl (C=O) groups is 1. The standard InChI is InChI=1S/C28H37ClN4O3/c1-20-18-24(10-13-26(20)33(35)36)30-23-8-4-21(5-9-23)19-31(3)27(34)28(2)14-16-32(17-15-28)25-11-6-22(29)7-12-25/h6-7,10-13,18,21,23,30H,4-5,8-9,14-17,19H2,1-3H3. The van der Waals surface area contributed by atoms with Crippen LogP contribution in [0.15, 0.2) is 42.5 Å². The molecule has 2 aliphatic rings. The number of amides is 1. The van der Waals surface area contributed by atoms with Crippen molar-refractivity contribution in [3.8, 4) is 0 Å². The third-order valence-corrected chi connectivity index (χ3v) is 8.32. The van der Waals surface area contributed by atoms with Crippen LogP contribution in [0.1, 0.15) is 51.0 Å². The first kappa shape index (κ1) is 26.3. The van der Waals surface area contributed by atoms with Crippen LogP contribution in [-0.4, -0.2) is 48.5 Å². The third kappa shape index (κ3) is 6.12. The molecule has 1 N–H and O–H groups in total. The highest BCUT2D eigenvalue weighted by atomic mass is 35.5. The minimum atomic E-state index is -0.342. The minimum Gasteiger partial charge on any atom is -0.382 e. The van der Waals surface area contributed by atoms with Crippen molar-refractivity contribution in [2.45, 2.75) is 58.4 Å². The van der Waals surface area contributed by atoms with Crippen molar-refractivity contribution in [3.05, 3.63) is 63.2 Å². The van der Waals surface area contributed by atoms with Crippen LogP contribution >= 0.6 is 11.6 Å². The second-order valence-electron chi connectivity index (χ2n) is 10.8. The summed E-state index contributed by atoms with van der Waals surface area (Å²) < 4.78 is 0. The van der Waals surface area contributed by atoms with Gasteiger partial charge < -0.3 is 15.1 Å². The Labute approximate surface area is 219 Å². The first-order chi connectivity index (χ1) is 17.1. The molecule has 1 saturated carbocycles. The second-order valence-corrected chi connectivity index (χ2v) is 11.3. The number of nitrogens with one attached hydrogen (secondary N) is 1. The summed E-state index contributed by atoms with van der Waals surface area (Å²) in [6.07, 6.45) is 5.92. The Morgan fingerprint density at radius 3 is 2.36 bits per heavy atom. The van der Waals surface area contributed by atoms with Gasteiger partial charge in [-0.15, -0.1) is 0 Å². The summed E-state index contributed by atoms with van der Waals surface area (Å²) in [7, 11) is 1.96. The molecule has 2 fully saturated rings. The van der Waals surface area contributed by atoms with E-state index in [1.807, 2.05) is 42.3 Å². The van der Waals surface area contributed by atoms with Gasteiger partial charge >= 0.3 is 0 Å². The van der Waals surface area contributed by atoms with Gasteiger partial charge in [-0.1, -0.05) is 18.5 Å². The van der Waals surface area contributed by atoms with E-state index in [1.165, 1.54) is 0 Å². The zero-order valence-electron chi connectivity index (χ0n) is 21.5. The number of nitro groups is 1. The van der Waals surface area contributed by atoms with Crippen molar-refractivity contribution < 1.29 is 9.72 Å². The number of aryl methyl sites for hydroxylation is 1. The maximum Gasteiger partial charge on any atom is 0.272 e. The Morgan fingerprint density at radius 2 is 1.78 bits per heavy atom. The fourth-order valence-corrected chi connectivity index (χ4v) is 5.86. The van der Waals surface area contributed by atoms with Crippen LogP contribution in [0.2, 0.25) is 5.02 Å². The van der Waals surface area contributed by atoms with E-state index >= 15 is 0 Å². The number of hydrogen-bond acceptors (Lipinski definition) is 5. The van der Waals surface area contributed by atoms with Gasteiger partial charge in [-0.25, -0.2) is 0 Å². The number of rotatable bonds is 7. The number of piperidine rings is 1. The maximum absolute atomic E-state index is 13.4. The van der Waals surface area contributed by atoms with E-state index in [-0.39, 0.29) is 21.9 Å². The van der Waals surface area contributed by atoms with Crippen LogP contribution < -0.4 is 10.2 Å². The summed E-state index contributed by atoms with van der Waals surface area (Å²) in [5.74, 6) is 0.771. The van der Waals surface area contributed by atoms with Gasteiger partial charge in [0.25, 0.3) is 5.69 Å². The van der Waals surface area contributed by atoms with E-state index in [1.54, 1.807) is 19.1 Å². The van der Waals surface area contributed by atoms with Crippen LogP contribution in [0, 0.1) is 28.4 Å². The van der Waals surface area contributed by atoms with Crippen molar-refractivity contribution in [1.82, 2.24) is 4.90 Å². The SMILES string of the molecule is Cc1cc(NC2CCC(CN(C)C(=O)C3(C)CCN(c4ccc(Cl)cc4)CC3)CC2)ccc1[N+](=O)[O-]. The molecule has 0 bridgehead atoms. The molecule has 1 aliphatic carbocycles. The topological polar surface area (TPSA) is 78.7 Å². The lowest BCUT2D eigenvalue weighted by Crippen LogP contribution is -2.49.